The average molecular weight is 626 g/mol. The number of thiophene rings is 1. The molecule has 0 amide bonds. The number of nitrogens with zero attached hydrogens (tertiary/aromatic N) is 2. The van der Waals surface area contributed by atoms with E-state index >= 15 is 0 Å². The summed E-state index contributed by atoms with van der Waals surface area (Å²) in [6.45, 7) is 4.17. The SMILES string of the molecule is CCOC(=O)C1=C(C)N=c2s/c(=C\c3ccc(OCc4ccc(Br)cc4)c(OC)c3)c(=O)n2[C@@H]1c1cccs1. The number of rotatable bonds is 8. The maximum Gasteiger partial charge on any atom is 0.338 e. The van der Waals surface area contributed by atoms with Gasteiger partial charge in [0.15, 0.2) is 16.3 Å². The van der Waals surface area contributed by atoms with Gasteiger partial charge in [0.2, 0.25) is 0 Å². The molecule has 0 unspecified atom stereocenters. The molecule has 5 rings (SSSR count). The molecule has 39 heavy (non-hydrogen) atoms. The molecule has 1 atom stereocenters. The molecule has 1 aliphatic rings. The fourth-order valence-electron chi connectivity index (χ4n) is 4.29. The molecule has 0 fully saturated rings. The Hall–Kier alpha value is -3.47. The number of carbonyl (C=O) groups excluding carboxylic acids is 1. The molecule has 2 aromatic carbocycles. The number of benzene rings is 2. The summed E-state index contributed by atoms with van der Waals surface area (Å²) in [6.07, 6.45) is 1.81. The molecule has 0 N–H and O–H groups in total. The fourth-order valence-corrected chi connectivity index (χ4v) is 6.43. The first-order valence-electron chi connectivity index (χ1n) is 12.2. The summed E-state index contributed by atoms with van der Waals surface area (Å²) >= 11 is 6.21. The zero-order chi connectivity index (χ0) is 27.5. The predicted molar refractivity (Wildman–Crippen MR) is 156 cm³/mol. The van der Waals surface area contributed by atoms with Crippen LogP contribution in [0.4, 0.5) is 0 Å². The number of esters is 1. The Morgan fingerprint density at radius 2 is 1.95 bits per heavy atom. The minimum Gasteiger partial charge on any atom is -0.493 e. The molecule has 0 radical (unpaired) electrons. The van der Waals surface area contributed by atoms with Crippen LogP contribution in [0, 0.1) is 0 Å². The molecule has 0 saturated carbocycles. The summed E-state index contributed by atoms with van der Waals surface area (Å²) in [5, 5.41) is 1.93. The molecule has 0 saturated heterocycles. The maximum absolute atomic E-state index is 13.7. The molecule has 0 bridgehead atoms. The van der Waals surface area contributed by atoms with Gasteiger partial charge in [-0.1, -0.05) is 51.5 Å². The van der Waals surface area contributed by atoms with Crippen LogP contribution in [-0.2, 0) is 16.1 Å². The first-order valence-corrected chi connectivity index (χ1v) is 14.7. The van der Waals surface area contributed by atoms with E-state index in [9.17, 15) is 9.59 Å². The van der Waals surface area contributed by atoms with Crippen molar-refractivity contribution in [2.75, 3.05) is 13.7 Å². The molecular weight excluding hydrogens is 600 g/mol. The third-order valence-electron chi connectivity index (χ3n) is 6.12. The molecule has 3 heterocycles. The number of halogens is 1. The highest BCUT2D eigenvalue weighted by atomic mass is 79.9. The minimum atomic E-state index is -0.591. The number of hydrogen-bond acceptors (Lipinski definition) is 8. The Labute approximate surface area is 241 Å². The number of methoxy groups -OCH3 is 1. The number of ether oxygens (including phenoxy) is 3. The van der Waals surface area contributed by atoms with Crippen molar-refractivity contribution in [2.45, 2.75) is 26.5 Å². The summed E-state index contributed by atoms with van der Waals surface area (Å²) < 4.78 is 20.0. The molecule has 2 aromatic heterocycles. The minimum absolute atomic E-state index is 0.221. The van der Waals surface area contributed by atoms with Crippen molar-refractivity contribution in [1.82, 2.24) is 4.57 Å². The van der Waals surface area contributed by atoms with Crippen LogP contribution in [0.1, 0.15) is 35.9 Å². The number of hydrogen-bond donors (Lipinski definition) is 0. The van der Waals surface area contributed by atoms with Crippen molar-refractivity contribution in [2.24, 2.45) is 4.99 Å². The second-order valence-electron chi connectivity index (χ2n) is 8.64. The Morgan fingerprint density at radius 3 is 2.64 bits per heavy atom. The van der Waals surface area contributed by atoms with Gasteiger partial charge in [-0.05, 0) is 66.8 Å². The van der Waals surface area contributed by atoms with E-state index in [0.717, 1.165) is 20.5 Å². The lowest BCUT2D eigenvalue weighted by molar-refractivity contribution is -0.139. The van der Waals surface area contributed by atoms with E-state index in [2.05, 4.69) is 20.9 Å². The normalized spacial score (nSPS) is 15.1. The highest BCUT2D eigenvalue weighted by Crippen LogP contribution is 2.33. The highest BCUT2D eigenvalue weighted by molar-refractivity contribution is 9.10. The van der Waals surface area contributed by atoms with Crippen molar-refractivity contribution in [3.63, 3.8) is 0 Å². The van der Waals surface area contributed by atoms with E-state index in [1.165, 1.54) is 22.7 Å². The van der Waals surface area contributed by atoms with E-state index in [4.69, 9.17) is 14.2 Å². The van der Waals surface area contributed by atoms with Crippen LogP contribution in [0.15, 0.2) is 85.5 Å². The topological polar surface area (TPSA) is 79.1 Å². The van der Waals surface area contributed by atoms with Gasteiger partial charge >= 0.3 is 5.97 Å². The first-order chi connectivity index (χ1) is 18.9. The summed E-state index contributed by atoms with van der Waals surface area (Å²) in [6, 6.07) is 16.7. The maximum atomic E-state index is 13.7. The van der Waals surface area contributed by atoms with Crippen molar-refractivity contribution in [1.29, 1.82) is 0 Å². The van der Waals surface area contributed by atoms with Gasteiger partial charge < -0.3 is 14.2 Å². The predicted octanol–water partition coefficient (Wildman–Crippen LogP) is 5.21. The van der Waals surface area contributed by atoms with Crippen molar-refractivity contribution in [3.8, 4) is 11.5 Å². The Morgan fingerprint density at radius 1 is 1.15 bits per heavy atom. The molecular formula is C29H25BrN2O5S2. The van der Waals surface area contributed by atoms with E-state index in [-0.39, 0.29) is 12.2 Å². The van der Waals surface area contributed by atoms with Gasteiger partial charge in [-0.2, -0.15) is 0 Å². The number of thiazole rings is 1. The zero-order valence-electron chi connectivity index (χ0n) is 21.5. The van der Waals surface area contributed by atoms with Crippen LogP contribution in [0.5, 0.6) is 11.5 Å². The van der Waals surface area contributed by atoms with Crippen LogP contribution in [0.3, 0.4) is 0 Å². The van der Waals surface area contributed by atoms with Gasteiger partial charge in [0.05, 0.1) is 29.5 Å². The average Bonchev–Trinajstić information content (AvgIpc) is 3.56. The standard InChI is InChI=1S/C29H25BrN2O5S2/c1-4-36-28(34)25-17(2)31-29-32(26(25)23-6-5-13-38-23)27(33)24(39-29)15-19-9-12-21(22(14-19)35-3)37-16-18-7-10-20(30)11-8-18/h5-15,26H,4,16H2,1-3H3/b24-15-/t26-/m1/s1. The second-order valence-corrected chi connectivity index (χ2v) is 11.5. The molecule has 0 aliphatic carbocycles. The number of allylic oxidation sites excluding steroid dienone is 1. The number of aromatic nitrogens is 1. The highest BCUT2D eigenvalue weighted by Gasteiger charge is 2.33. The molecule has 1 aliphatic heterocycles. The van der Waals surface area contributed by atoms with Gasteiger partial charge in [-0.3, -0.25) is 9.36 Å². The molecule has 0 spiro atoms. The quantitative estimate of drug-likeness (QED) is 0.252. The van der Waals surface area contributed by atoms with Crippen LogP contribution in [0.2, 0.25) is 0 Å². The lowest BCUT2D eigenvalue weighted by atomic mass is 10.0. The Bertz CT molecular complexity index is 1720. The monoisotopic (exact) mass is 624 g/mol. The van der Waals surface area contributed by atoms with Crippen molar-refractivity contribution in [3.05, 3.63) is 111 Å². The van der Waals surface area contributed by atoms with E-state index < -0.39 is 12.0 Å². The van der Waals surface area contributed by atoms with Crippen LogP contribution in [-0.4, -0.2) is 24.3 Å². The molecule has 4 aromatic rings. The summed E-state index contributed by atoms with van der Waals surface area (Å²) in [5.74, 6) is 0.701. The van der Waals surface area contributed by atoms with Crippen molar-refractivity contribution >= 4 is 50.6 Å². The zero-order valence-corrected chi connectivity index (χ0v) is 24.7. The van der Waals surface area contributed by atoms with Crippen LogP contribution < -0.4 is 24.4 Å². The summed E-state index contributed by atoms with van der Waals surface area (Å²) in [4.78, 5) is 32.7. The number of fused-ring (bicyclic) bond motifs is 1. The molecule has 7 nitrogen and oxygen atoms in total. The third kappa shape index (κ3) is 5.63. The van der Waals surface area contributed by atoms with Crippen LogP contribution in [0.25, 0.3) is 6.08 Å². The van der Waals surface area contributed by atoms with Crippen molar-refractivity contribution < 1.29 is 19.0 Å². The van der Waals surface area contributed by atoms with E-state index in [1.54, 1.807) is 31.6 Å². The van der Waals surface area contributed by atoms with Crippen LogP contribution >= 0.6 is 38.6 Å². The molecule has 200 valence electrons. The van der Waals surface area contributed by atoms with E-state index in [1.807, 2.05) is 60.0 Å². The van der Waals surface area contributed by atoms with Gasteiger partial charge in [0.25, 0.3) is 5.56 Å². The number of carbonyl (C=O) groups is 1. The third-order valence-corrected chi connectivity index (χ3v) is 8.56. The molecule has 10 heteroatoms. The van der Waals surface area contributed by atoms with Gasteiger partial charge in [-0.15, -0.1) is 11.3 Å². The van der Waals surface area contributed by atoms with Gasteiger partial charge in [0, 0.05) is 9.35 Å². The Kier molecular flexibility index (Phi) is 8.15. The summed E-state index contributed by atoms with van der Waals surface area (Å²) in [5.41, 5.74) is 2.52. The fraction of sp³-hybridized carbons (Fsp3) is 0.207. The summed E-state index contributed by atoms with van der Waals surface area (Å²) in [7, 11) is 1.58. The smallest absolute Gasteiger partial charge is 0.338 e. The lowest BCUT2D eigenvalue weighted by Gasteiger charge is -2.23. The van der Waals surface area contributed by atoms with Gasteiger partial charge in [0.1, 0.15) is 12.6 Å². The van der Waals surface area contributed by atoms with E-state index in [0.29, 0.717) is 38.7 Å². The second kappa shape index (κ2) is 11.7. The largest absolute Gasteiger partial charge is 0.493 e. The lowest BCUT2D eigenvalue weighted by Crippen LogP contribution is -2.39. The Balaban J connectivity index is 1.51. The van der Waals surface area contributed by atoms with Gasteiger partial charge in [-0.25, -0.2) is 9.79 Å². The first kappa shape index (κ1) is 27.1.